The Morgan fingerprint density at radius 3 is 2.67 bits per heavy atom. The molecule has 0 saturated carbocycles. The van der Waals surface area contributed by atoms with Crippen LogP contribution in [0.2, 0.25) is 0 Å². The van der Waals surface area contributed by atoms with Crippen molar-refractivity contribution in [1.29, 1.82) is 0 Å². The summed E-state index contributed by atoms with van der Waals surface area (Å²) in [5.41, 5.74) is 1.06. The maximum Gasteiger partial charge on any atom is 0.261 e. The lowest BCUT2D eigenvalue weighted by atomic mass is 10.1. The van der Waals surface area contributed by atoms with Crippen molar-refractivity contribution in [2.75, 3.05) is 4.43 Å². The van der Waals surface area contributed by atoms with E-state index in [1.807, 2.05) is 18.4 Å². The van der Waals surface area contributed by atoms with Crippen LogP contribution < -0.4 is 5.32 Å². The van der Waals surface area contributed by atoms with Gasteiger partial charge in [0.05, 0.1) is 4.88 Å². The lowest BCUT2D eigenvalue weighted by molar-refractivity contribution is 0.0936. The predicted molar refractivity (Wildman–Crippen MR) is 74.0 cm³/mol. The average Bonchev–Trinajstić information content (AvgIpc) is 2.60. The molecule has 0 aliphatic rings. The first-order valence-corrected chi connectivity index (χ1v) is 7.37. The number of amides is 1. The van der Waals surface area contributed by atoms with Crippen LogP contribution in [-0.2, 0) is 0 Å². The normalized spacial score (nSPS) is 12.9. The second-order valence-electron chi connectivity index (χ2n) is 3.91. The standard InChI is InChI=1S/C11H16INOS/c1-7(2)9(6-12)13-11(14)10-8(3)4-5-15-10/h4-5,7,9H,6H2,1-3H3,(H,13,14). The number of hydrogen-bond acceptors (Lipinski definition) is 2. The molecule has 0 spiro atoms. The highest BCUT2D eigenvalue weighted by Gasteiger charge is 2.17. The van der Waals surface area contributed by atoms with Gasteiger partial charge in [-0.1, -0.05) is 36.4 Å². The van der Waals surface area contributed by atoms with Crippen molar-refractivity contribution in [2.45, 2.75) is 26.8 Å². The number of nitrogens with one attached hydrogen (secondary N) is 1. The minimum Gasteiger partial charge on any atom is -0.348 e. The Kier molecular flexibility index (Phi) is 5.05. The molecule has 0 aliphatic carbocycles. The number of rotatable bonds is 4. The topological polar surface area (TPSA) is 29.1 Å². The monoisotopic (exact) mass is 337 g/mol. The van der Waals surface area contributed by atoms with Crippen LogP contribution in [0.5, 0.6) is 0 Å². The molecular weight excluding hydrogens is 321 g/mol. The summed E-state index contributed by atoms with van der Waals surface area (Å²) in [7, 11) is 0. The Morgan fingerprint density at radius 2 is 2.27 bits per heavy atom. The molecule has 0 aliphatic heterocycles. The summed E-state index contributed by atoms with van der Waals surface area (Å²) in [6.07, 6.45) is 0. The van der Waals surface area contributed by atoms with E-state index in [4.69, 9.17) is 0 Å². The second kappa shape index (κ2) is 5.84. The van der Waals surface area contributed by atoms with E-state index in [1.54, 1.807) is 0 Å². The average molecular weight is 337 g/mol. The number of carbonyl (C=O) groups is 1. The molecule has 1 unspecified atom stereocenters. The molecule has 1 aromatic rings. The molecule has 1 heterocycles. The summed E-state index contributed by atoms with van der Waals surface area (Å²) < 4.78 is 0.950. The van der Waals surface area contributed by atoms with E-state index in [9.17, 15) is 4.79 Å². The van der Waals surface area contributed by atoms with E-state index < -0.39 is 0 Å². The summed E-state index contributed by atoms with van der Waals surface area (Å²) >= 11 is 3.82. The van der Waals surface area contributed by atoms with Crippen LogP contribution >= 0.6 is 33.9 Å². The number of thiophene rings is 1. The number of alkyl halides is 1. The van der Waals surface area contributed by atoms with Gasteiger partial charge in [-0.15, -0.1) is 11.3 Å². The van der Waals surface area contributed by atoms with Crippen molar-refractivity contribution in [2.24, 2.45) is 5.92 Å². The maximum absolute atomic E-state index is 11.9. The van der Waals surface area contributed by atoms with E-state index in [0.717, 1.165) is 14.9 Å². The Hall–Kier alpha value is -0.100. The van der Waals surface area contributed by atoms with Gasteiger partial charge in [0.15, 0.2) is 0 Å². The highest BCUT2D eigenvalue weighted by Crippen LogP contribution is 2.16. The predicted octanol–water partition coefficient (Wildman–Crippen LogP) is 3.25. The van der Waals surface area contributed by atoms with Crippen LogP contribution in [0.25, 0.3) is 0 Å². The van der Waals surface area contributed by atoms with Crippen molar-refractivity contribution in [3.63, 3.8) is 0 Å². The molecule has 0 bridgehead atoms. The zero-order valence-corrected chi connectivity index (χ0v) is 12.2. The Balaban J connectivity index is 2.67. The third-order valence-corrected chi connectivity index (χ3v) is 4.32. The van der Waals surface area contributed by atoms with Crippen LogP contribution in [0.4, 0.5) is 0 Å². The zero-order valence-electron chi connectivity index (χ0n) is 9.21. The number of halogens is 1. The number of carbonyl (C=O) groups excluding carboxylic acids is 1. The van der Waals surface area contributed by atoms with E-state index in [2.05, 4.69) is 41.8 Å². The van der Waals surface area contributed by atoms with Gasteiger partial charge < -0.3 is 5.32 Å². The molecule has 4 heteroatoms. The minimum atomic E-state index is 0.0675. The summed E-state index contributed by atoms with van der Waals surface area (Å²) in [4.78, 5) is 12.7. The molecule has 15 heavy (non-hydrogen) atoms. The smallest absolute Gasteiger partial charge is 0.261 e. The fourth-order valence-electron chi connectivity index (χ4n) is 1.22. The van der Waals surface area contributed by atoms with Gasteiger partial charge in [-0.05, 0) is 29.9 Å². The maximum atomic E-state index is 11.9. The largest absolute Gasteiger partial charge is 0.348 e. The quantitative estimate of drug-likeness (QED) is 0.663. The third kappa shape index (κ3) is 3.45. The Bertz CT molecular complexity index is 335. The van der Waals surface area contributed by atoms with Gasteiger partial charge in [0, 0.05) is 10.5 Å². The summed E-state index contributed by atoms with van der Waals surface area (Å²) in [6, 6.07) is 2.24. The molecule has 1 amide bonds. The van der Waals surface area contributed by atoms with E-state index in [1.165, 1.54) is 11.3 Å². The summed E-state index contributed by atoms with van der Waals surface area (Å²) in [5.74, 6) is 0.545. The van der Waals surface area contributed by atoms with Gasteiger partial charge in [0.2, 0.25) is 0 Å². The van der Waals surface area contributed by atoms with Crippen molar-refractivity contribution in [3.8, 4) is 0 Å². The first-order valence-electron chi connectivity index (χ1n) is 4.97. The number of aryl methyl sites for hydroxylation is 1. The van der Waals surface area contributed by atoms with Gasteiger partial charge in [0.1, 0.15) is 0 Å². The summed E-state index contributed by atoms with van der Waals surface area (Å²) in [6.45, 7) is 6.23. The van der Waals surface area contributed by atoms with Crippen molar-refractivity contribution < 1.29 is 4.79 Å². The summed E-state index contributed by atoms with van der Waals surface area (Å²) in [5, 5.41) is 5.03. The van der Waals surface area contributed by atoms with Crippen molar-refractivity contribution in [3.05, 3.63) is 21.9 Å². The van der Waals surface area contributed by atoms with Crippen LogP contribution in [-0.4, -0.2) is 16.4 Å². The van der Waals surface area contributed by atoms with E-state index in [-0.39, 0.29) is 11.9 Å². The molecule has 0 fully saturated rings. The first kappa shape index (κ1) is 13.0. The zero-order chi connectivity index (χ0) is 11.4. The Morgan fingerprint density at radius 1 is 1.60 bits per heavy atom. The van der Waals surface area contributed by atoms with Gasteiger partial charge in [0.25, 0.3) is 5.91 Å². The lowest BCUT2D eigenvalue weighted by Gasteiger charge is -2.19. The molecule has 1 N–H and O–H groups in total. The van der Waals surface area contributed by atoms with Crippen LogP contribution in [0, 0.1) is 12.8 Å². The van der Waals surface area contributed by atoms with E-state index >= 15 is 0 Å². The highest BCUT2D eigenvalue weighted by molar-refractivity contribution is 14.1. The van der Waals surface area contributed by atoms with Gasteiger partial charge in [-0.3, -0.25) is 4.79 Å². The highest BCUT2D eigenvalue weighted by atomic mass is 127. The molecule has 0 aromatic carbocycles. The molecular formula is C11H16INOS. The fourth-order valence-corrected chi connectivity index (χ4v) is 3.29. The van der Waals surface area contributed by atoms with Crippen LogP contribution in [0.3, 0.4) is 0 Å². The first-order chi connectivity index (χ1) is 7.06. The molecule has 1 rings (SSSR count). The van der Waals surface area contributed by atoms with Crippen LogP contribution in [0.1, 0.15) is 29.1 Å². The van der Waals surface area contributed by atoms with Gasteiger partial charge >= 0.3 is 0 Å². The molecule has 2 nitrogen and oxygen atoms in total. The minimum absolute atomic E-state index is 0.0675. The molecule has 1 aromatic heterocycles. The van der Waals surface area contributed by atoms with Crippen molar-refractivity contribution in [1.82, 2.24) is 5.32 Å². The fraction of sp³-hybridized carbons (Fsp3) is 0.545. The Labute approximate surface area is 109 Å². The molecule has 0 saturated heterocycles. The van der Waals surface area contributed by atoms with Gasteiger partial charge in [-0.25, -0.2) is 0 Å². The van der Waals surface area contributed by atoms with Gasteiger partial charge in [-0.2, -0.15) is 0 Å². The molecule has 1 atom stereocenters. The molecule has 84 valence electrons. The van der Waals surface area contributed by atoms with Crippen molar-refractivity contribution >= 4 is 39.8 Å². The molecule has 0 radical (unpaired) electrons. The third-order valence-electron chi connectivity index (χ3n) is 2.36. The number of hydrogen-bond donors (Lipinski definition) is 1. The lowest BCUT2D eigenvalue weighted by Crippen LogP contribution is -2.39. The second-order valence-corrected chi connectivity index (χ2v) is 5.71. The van der Waals surface area contributed by atoms with Crippen LogP contribution in [0.15, 0.2) is 11.4 Å². The SMILES string of the molecule is Cc1ccsc1C(=O)NC(CI)C(C)C. The van der Waals surface area contributed by atoms with E-state index in [0.29, 0.717) is 5.92 Å².